The van der Waals surface area contributed by atoms with Crippen LogP contribution in [-0.2, 0) is 44.6 Å². The predicted octanol–water partition coefficient (Wildman–Crippen LogP) is 19.0. The number of hydrogen-bond donors (Lipinski definition) is 0. The van der Waals surface area contributed by atoms with E-state index in [0.717, 1.165) is 123 Å². The lowest BCUT2D eigenvalue weighted by Gasteiger charge is -2.43. The first-order valence-electron chi connectivity index (χ1n) is 31.2. The maximum atomic E-state index is 15.2. The van der Waals surface area contributed by atoms with Gasteiger partial charge in [-0.15, -0.1) is 0 Å². The van der Waals surface area contributed by atoms with E-state index >= 15 is 9.59 Å². The standard InChI is InChI=1S/C68H104N2O8/c1-11-15-19-23-27-31-37-51-43-45-53-49-55(39-33-29-25-21-17-13-3)69(65(73)77-67(5,6)7)61(59(53)47-51)75-63(71)57-41-35-36-42-58(57)64(72)76-62-60-48-52(38-32-28-24-20-16-12-2)44-46-54(60)50-56(40-34-30-26-22-18-14-4)70(62)66(74)78-68(8,9)10/h35-36,41-48,55-56,61-62H,11-34,37-40,49-50H2,1-10H3/t55-,56-,61?,62?/m1/s1. The number of amides is 2. The second kappa shape index (κ2) is 33.0. The van der Waals surface area contributed by atoms with E-state index in [1.165, 1.54) is 89.9 Å². The third-order valence-electron chi connectivity index (χ3n) is 15.6. The van der Waals surface area contributed by atoms with Crippen molar-refractivity contribution in [3.63, 3.8) is 0 Å². The molecule has 2 amide bonds. The molecule has 2 aliphatic rings. The van der Waals surface area contributed by atoms with Gasteiger partial charge in [0, 0.05) is 23.2 Å². The van der Waals surface area contributed by atoms with Gasteiger partial charge in [-0.05, 0) is 139 Å². The molecule has 10 nitrogen and oxygen atoms in total. The van der Waals surface area contributed by atoms with E-state index in [9.17, 15) is 9.59 Å². The Morgan fingerprint density at radius 2 is 0.756 bits per heavy atom. The highest BCUT2D eigenvalue weighted by Gasteiger charge is 2.45. The highest BCUT2D eigenvalue weighted by molar-refractivity contribution is 6.03. The Balaban J connectivity index is 1.54. The number of fused-ring (bicyclic) bond motifs is 2. The summed E-state index contributed by atoms with van der Waals surface area (Å²) in [5.41, 5.74) is 4.25. The summed E-state index contributed by atoms with van der Waals surface area (Å²) in [6.07, 6.45) is 28.4. The summed E-state index contributed by atoms with van der Waals surface area (Å²) < 4.78 is 25.7. The Morgan fingerprint density at radius 3 is 1.09 bits per heavy atom. The number of ether oxygens (including phenoxy) is 4. The Labute approximate surface area is 472 Å². The smallest absolute Gasteiger partial charge is 0.413 e. The second-order valence-electron chi connectivity index (χ2n) is 24.8. The van der Waals surface area contributed by atoms with Gasteiger partial charge in [0.1, 0.15) is 11.2 Å². The van der Waals surface area contributed by atoms with Crippen molar-refractivity contribution < 1.29 is 38.1 Å². The largest absolute Gasteiger partial charge is 0.444 e. The maximum absolute atomic E-state index is 15.2. The summed E-state index contributed by atoms with van der Waals surface area (Å²) in [7, 11) is 0. The molecule has 0 saturated heterocycles. The molecule has 10 heteroatoms. The van der Waals surface area contributed by atoms with Gasteiger partial charge in [-0.25, -0.2) is 19.2 Å². The zero-order valence-electron chi connectivity index (χ0n) is 50.5. The van der Waals surface area contributed by atoms with Crippen LogP contribution >= 0.6 is 0 Å². The quantitative estimate of drug-likeness (QED) is 0.0345. The van der Waals surface area contributed by atoms with E-state index in [4.69, 9.17) is 18.9 Å². The van der Waals surface area contributed by atoms with E-state index in [1.54, 1.807) is 34.1 Å². The summed E-state index contributed by atoms with van der Waals surface area (Å²) >= 11 is 0. The van der Waals surface area contributed by atoms with E-state index in [2.05, 4.69) is 64.1 Å². The van der Waals surface area contributed by atoms with Crippen molar-refractivity contribution in [3.8, 4) is 0 Å². The molecule has 0 bridgehead atoms. The Hall–Kier alpha value is -4.86. The number of carbonyl (C=O) groups is 4. The molecule has 0 fully saturated rings. The fraction of sp³-hybridized carbons (Fsp3) is 0.676. The minimum absolute atomic E-state index is 0.00905. The van der Waals surface area contributed by atoms with E-state index in [0.29, 0.717) is 12.8 Å². The molecule has 434 valence electrons. The summed E-state index contributed by atoms with van der Waals surface area (Å²) in [6, 6.07) is 19.0. The van der Waals surface area contributed by atoms with Crippen molar-refractivity contribution in [2.75, 3.05) is 0 Å². The summed E-state index contributed by atoms with van der Waals surface area (Å²) in [5, 5.41) is 0. The Kier molecular flexibility index (Phi) is 27.1. The molecule has 0 aliphatic carbocycles. The van der Waals surface area contributed by atoms with Crippen LogP contribution in [0.15, 0.2) is 60.7 Å². The van der Waals surface area contributed by atoms with Crippen molar-refractivity contribution in [1.82, 2.24) is 9.80 Å². The number of hydrogen-bond acceptors (Lipinski definition) is 8. The molecule has 5 rings (SSSR count). The highest BCUT2D eigenvalue weighted by atomic mass is 16.6. The summed E-state index contributed by atoms with van der Waals surface area (Å²) in [4.78, 5) is 63.0. The van der Waals surface area contributed by atoms with Crippen LogP contribution in [0.2, 0.25) is 0 Å². The number of aryl methyl sites for hydroxylation is 2. The first-order valence-corrected chi connectivity index (χ1v) is 31.2. The molecule has 4 atom stereocenters. The maximum Gasteiger partial charge on any atom is 0.413 e. The lowest BCUT2D eigenvalue weighted by Crippen LogP contribution is -2.50. The van der Waals surface area contributed by atoms with Gasteiger partial charge in [0.25, 0.3) is 0 Å². The summed E-state index contributed by atoms with van der Waals surface area (Å²) in [5.74, 6) is -1.52. The van der Waals surface area contributed by atoms with Crippen molar-refractivity contribution in [3.05, 3.63) is 105 Å². The third-order valence-corrected chi connectivity index (χ3v) is 15.6. The number of nitrogens with zero attached hydrogens (tertiary/aromatic N) is 2. The Morgan fingerprint density at radius 1 is 0.436 bits per heavy atom. The fourth-order valence-electron chi connectivity index (χ4n) is 11.4. The molecule has 78 heavy (non-hydrogen) atoms. The molecule has 2 heterocycles. The van der Waals surface area contributed by atoms with E-state index in [1.807, 2.05) is 41.5 Å². The van der Waals surface area contributed by atoms with Crippen LogP contribution < -0.4 is 0 Å². The molecule has 3 aromatic rings. The zero-order chi connectivity index (χ0) is 56.5. The number of carbonyl (C=O) groups excluding carboxylic acids is 4. The number of esters is 2. The number of unbranched alkanes of at least 4 members (excludes halogenated alkanes) is 20. The fourth-order valence-corrected chi connectivity index (χ4v) is 11.4. The van der Waals surface area contributed by atoms with E-state index < -0.39 is 47.8 Å². The van der Waals surface area contributed by atoms with Crippen LogP contribution in [0.25, 0.3) is 0 Å². The van der Waals surface area contributed by atoms with Crippen LogP contribution in [0.1, 0.15) is 303 Å². The molecule has 0 spiro atoms. The van der Waals surface area contributed by atoms with Crippen LogP contribution in [0.4, 0.5) is 9.59 Å². The van der Waals surface area contributed by atoms with Crippen LogP contribution in [0.3, 0.4) is 0 Å². The number of rotatable bonds is 32. The second-order valence-corrected chi connectivity index (χ2v) is 24.8. The van der Waals surface area contributed by atoms with Gasteiger partial charge in [-0.1, -0.05) is 205 Å². The first kappa shape index (κ1) is 64.0. The molecule has 0 radical (unpaired) electrons. The monoisotopic (exact) mass is 1080 g/mol. The lowest BCUT2D eigenvalue weighted by atomic mass is 9.88. The minimum Gasteiger partial charge on any atom is -0.444 e. The van der Waals surface area contributed by atoms with Gasteiger partial charge in [-0.2, -0.15) is 0 Å². The van der Waals surface area contributed by atoms with Gasteiger partial charge in [0.2, 0.25) is 12.5 Å². The molecule has 3 aromatic carbocycles. The van der Waals surface area contributed by atoms with Crippen molar-refractivity contribution >= 4 is 24.1 Å². The van der Waals surface area contributed by atoms with Crippen LogP contribution in [0, 0.1) is 0 Å². The molecular weight excluding hydrogens is 973 g/mol. The average Bonchev–Trinajstić information content (AvgIpc) is 3.48. The SMILES string of the molecule is CCCCCCCCc1ccc2c(c1)C(OC(=O)c1ccccc1C(=O)OC1c3cc(CCCCCCCC)ccc3C[C@@H](CCCCCCCC)N1C(=O)OC(C)(C)C)N(C(=O)OC(C)(C)C)[C@H](CCCCCCCC)C2. The third kappa shape index (κ3) is 20.7. The van der Waals surface area contributed by atoms with Gasteiger partial charge >= 0.3 is 24.1 Å². The molecule has 0 N–H and O–H groups in total. The van der Waals surface area contributed by atoms with Gasteiger partial charge in [0.15, 0.2) is 0 Å². The average molecular weight is 1080 g/mol. The van der Waals surface area contributed by atoms with Gasteiger partial charge in [-0.3, -0.25) is 9.80 Å². The van der Waals surface area contributed by atoms with Crippen molar-refractivity contribution in [2.24, 2.45) is 0 Å². The van der Waals surface area contributed by atoms with Crippen molar-refractivity contribution in [1.29, 1.82) is 0 Å². The number of benzene rings is 3. The molecule has 0 aromatic heterocycles. The lowest BCUT2D eigenvalue weighted by molar-refractivity contribution is -0.0726. The first-order chi connectivity index (χ1) is 37.5. The van der Waals surface area contributed by atoms with Crippen molar-refractivity contribution in [2.45, 2.75) is 298 Å². The van der Waals surface area contributed by atoms with Crippen LogP contribution in [-0.4, -0.2) is 57.2 Å². The van der Waals surface area contributed by atoms with Gasteiger partial charge in [0.05, 0.1) is 11.1 Å². The van der Waals surface area contributed by atoms with Gasteiger partial charge < -0.3 is 18.9 Å². The topological polar surface area (TPSA) is 112 Å². The Bertz CT molecular complexity index is 2130. The molecular formula is C68H104N2O8. The molecule has 2 aliphatic heterocycles. The normalized spacial score (nSPS) is 17.3. The molecule has 2 unspecified atom stereocenters. The highest BCUT2D eigenvalue weighted by Crippen LogP contribution is 2.41. The summed E-state index contributed by atoms with van der Waals surface area (Å²) in [6.45, 7) is 20.0. The predicted molar refractivity (Wildman–Crippen MR) is 317 cm³/mol. The zero-order valence-corrected chi connectivity index (χ0v) is 50.5. The minimum atomic E-state index is -1.12. The van der Waals surface area contributed by atoms with E-state index in [-0.39, 0.29) is 23.2 Å². The van der Waals surface area contributed by atoms with Crippen LogP contribution in [0.5, 0.6) is 0 Å². The molecule has 0 saturated carbocycles.